The highest BCUT2D eigenvalue weighted by molar-refractivity contribution is 6.36. The number of ether oxygens (including phenoxy) is 3. The molecular formula is C27H24Cl2N2O5. The van der Waals surface area contributed by atoms with Crippen LogP contribution in [0.5, 0.6) is 17.2 Å². The van der Waals surface area contributed by atoms with Crippen LogP contribution in [0.3, 0.4) is 0 Å². The molecule has 0 saturated heterocycles. The van der Waals surface area contributed by atoms with Crippen molar-refractivity contribution in [1.82, 2.24) is 5.43 Å². The number of allylic oxidation sites excluding steroid dienone is 1. The Morgan fingerprint density at radius 2 is 1.81 bits per heavy atom. The van der Waals surface area contributed by atoms with Crippen molar-refractivity contribution in [1.29, 1.82) is 0 Å². The number of carbonyl (C=O) groups excluding carboxylic acids is 2. The zero-order valence-corrected chi connectivity index (χ0v) is 21.0. The molecule has 0 aromatic heterocycles. The second kappa shape index (κ2) is 13.3. The molecule has 3 rings (SSSR count). The van der Waals surface area contributed by atoms with Gasteiger partial charge in [0.05, 0.1) is 23.4 Å². The van der Waals surface area contributed by atoms with E-state index >= 15 is 0 Å². The van der Waals surface area contributed by atoms with Gasteiger partial charge in [-0.25, -0.2) is 10.2 Å². The predicted molar refractivity (Wildman–Crippen MR) is 141 cm³/mol. The Labute approximate surface area is 219 Å². The fourth-order valence-electron chi connectivity index (χ4n) is 3.09. The maximum atomic E-state index is 12.6. The highest BCUT2D eigenvalue weighted by Crippen LogP contribution is 2.30. The van der Waals surface area contributed by atoms with Gasteiger partial charge in [0.2, 0.25) is 0 Å². The Kier molecular flexibility index (Phi) is 9.92. The van der Waals surface area contributed by atoms with Gasteiger partial charge in [0.25, 0.3) is 5.91 Å². The van der Waals surface area contributed by atoms with Crippen molar-refractivity contribution in [3.63, 3.8) is 0 Å². The Bertz CT molecular complexity index is 1280. The SMILES string of the molecule is C=CCc1ccccc1OCC(=O)NN=Cc1ccc(OC(=O)c2ccc(Cl)cc2Cl)c(OCC)c1. The van der Waals surface area contributed by atoms with Gasteiger partial charge in [0, 0.05) is 5.02 Å². The number of carbonyl (C=O) groups is 2. The Balaban J connectivity index is 1.61. The normalized spacial score (nSPS) is 10.6. The molecule has 7 nitrogen and oxygen atoms in total. The van der Waals surface area contributed by atoms with Crippen molar-refractivity contribution < 1.29 is 23.8 Å². The maximum absolute atomic E-state index is 12.6. The number of hydrogen-bond acceptors (Lipinski definition) is 6. The number of amides is 1. The van der Waals surface area contributed by atoms with Crippen LogP contribution in [-0.4, -0.2) is 31.3 Å². The van der Waals surface area contributed by atoms with Crippen LogP contribution >= 0.6 is 23.2 Å². The number of rotatable bonds is 11. The van der Waals surface area contributed by atoms with Crippen LogP contribution in [0, 0.1) is 0 Å². The number of para-hydroxylation sites is 1. The molecule has 0 spiro atoms. The molecule has 0 heterocycles. The zero-order valence-electron chi connectivity index (χ0n) is 19.5. The van der Waals surface area contributed by atoms with E-state index in [2.05, 4.69) is 17.1 Å². The van der Waals surface area contributed by atoms with Crippen LogP contribution < -0.4 is 19.6 Å². The summed E-state index contributed by atoms with van der Waals surface area (Å²) in [5.41, 5.74) is 4.14. The molecular weight excluding hydrogens is 503 g/mol. The van der Waals surface area contributed by atoms with Gasteiger partial charge < -0.3 is 14.2 Å². The first-order valence-corrected chi connectivity index (χ1v) is 11.7. The van der Waals surface area contributed by atoms with E-state index in [1.807, 2.05) is 18.2 Å². The highest BCUT2D eigenvalue weighted by atomic mass is 35.5. The summed E-state index contributed by atoms with van der Waals surface area (Å²) < 4.78 is 16.7. The van der Waals surface area contributed by atoms with Gasteiger partial charge in [0.15, 0.2) is 18.1 Å². The van der Waals surface area contributed by atoms with Gasteiger partial charge >= 0.3 is 5.97 Å². The van der Waals surface area contributed by atoms with Crippen molar-refractivity contribution >= 4 is 41.3 Å². The van der Waals surface area contributed by atoms with Gasteiger partial charge in [0.1, 0.15) is 5.75 Å². The van der Waals surface area contributed by atoms with Crippen molar-refractivity contribution in [3.8, 4) is 17.2 Å². The average Bonchev–Trinajstić information content (AvgIpc) is 2.85. The van der Waals surface area contributed by atoms with Crippen LogP contribution in [0.2, 0.25) is 10.0 Å². The fourth-order valence-corrected chi connectivity index (χ4v) is 3.58. The summed E-state index contributed by atoms with van der Waals surface area (Å²) in [4.78, 5) is 24.7. The molecule has 1 amide bonds. The van der Waals surface area contributed by atoms with E-state index in [0.717, 1.165) is 5.56 Å². The second-order valence-electron chi connectivity index (χ2n) is 7.34. The number of hydrazone groups is 1. The van der Waals surface area contributed by atoms with Crippen molar-refractivity contribution in [2.24, 2.45) is 5.10 Å². The molecule has 0 radical (unpaired) electrons. The van der Waals surface area contributed by atoms with Gasteiger partial charge in [-0.2, -0.15) is 5.10 Å². The summed E-state index contributed by atoms with van der Waals surface area (Å²) in [6, 6.07) is 16.8. The number of nitrogens with one attached hydrogen (secondary N) is 1. The molecule has 0 aliphatic rings. The van der Waals surface area contributed by atoms with Crippen LogP contribution in [0.25, 0.3) is 0 Å². The highest BCUT2D eigenvalue weighted by Gasteiger charge is 2.16. The van der Waals surface area contributed by atoms with E-state index < -0.39 is 11.9 Å². The van der Waals surface area contributed by atoms with Crippen LogP contribution in [0.1, 0.15) is 28.4 Å². The molecule has 9 heteroatoms. The fraction of sp³-hybridized carbons (Fsp3) is 0.148. The first-order chi connectivity index (χ1) is 17.4. The Morgan fingerprint density at radius 3 is 2.56 bits per heavy atom. The average molecular weight is 527 g/mol. The number of benzene rings is 3. The van der Waals surface area contributed by atoms with Crippen LogP contribution in [-0.2, 0) is 11.2 Å². The van der Waals surface area contributed by atoms with E-state index in [1.54, 1.807) is 43.3 Å². The van der Waals surface area contributed by atoms with Gasteiger partial charge in [-0.3, -0.25) is 4.79 Å². The lowest BCUT2D eigenvalue weighted by Gasteiger charge is -2.12. The van der Waals surface area contributed by atoms with E-state index in [0.29, 0.717) is 35.1 Å². The lowest BCUT2D eigenvalue weighted by atomic mass is 10.1. The van der Waals surface area contributed by atoms with Gasteiger partial charge in [-0.15, -0.1) is 6.58 Å². The van der Waals surface area contributed by atoms with E-state index in [4.69, 9.17) is 37.4 Å². The molecule has 0 fully saturated rings. The molecule has 0 aliphatic carbocycles. The minimum atomic E-state index is -0.652. The molecule has 0 unspecified atom stereocenters. The van der Waals surface area contributed by atoms with Gasteiger partial charge in [-0.05, 0) is 66.9 Å². The first kappa shape index (κ1) is 26.8. The molecule has 0 bridgehead atoms. The summed E-state index contributed by atoms with van der Waals surface area (Å²) in [5.74, 6) is 0.0768. The van der Waals surface area contributed by atoms with Crippen LogP contribution in [0.15, 0.2) is 78.4 Å². The number of esters is 1. The predicted octanol–water partition coefficient (Wildman–Crippen LogP) is 5.87. The van der Waals surface area contributed by atoms with E-state index in [-0.39, 0.29) is 22.9 Å². The smallest absolute Gasteiger partial charge is 0.345 e. The molecule has 3 aromatic carbocycles. The molecule has 1 N–H and O–H groups in total. The summed E-state index contributed by atoms with van der Waals surface area (Å²) in [6.45, 7) is 5.67. The molecule has 0 saturated carbocycles. The van der Waals surface area contributed by atoms with Crippen molar-refractivity contribution in [2.75, 3.05) is 13.2 Å². The third-order valence-electron chi connectivity index (χ3n) is 4.72. The third kappa shape index (κ3) is 7.60. The van der Waals surface area contributed by atoms with Crippen LogP contribution in [0.4, 0.5) is 0 Å². The van der Waals surface area contributed by atoms with E-state index in [9.17, 15) is 9.59 Å². The topological polar surface area (TPSA) is 86.2 Å². The first-order valence-electron chi connectivity index (χ1n) is 11.0. The van der Waals surface area contributed by atoms with Gasteiger partial charge in [-0.1, -0.05) is 47.5 Å². The molecule has 3 aromatic rings. The minimum absolute atomic E-state index is 0.172. The third-order valence-corrected chi connectivity index (χ3v) is 5.27. The molecule has 36 heavy (non-hydrogen) atoms. The second-order valence-corrected chi connectivity index (χ2v) is 8.18. The molecule has 0 atom stereocenters. The maximum Gasteiger partial charge on any atom is 0.345 e. The van der Waals surface area contributed by atoms with Crippen molar-refractivity contribution in [2.45, 2.75) is 13.3 Å². The largest absolute Gasteiger partial charge is 0.490 e. The zero-order chi connectivity index (χ0) is 25.9. The lowest BCUT2D eigenvalue weighted by Crippen LogP contribution is -2.24. The summed E-state index contributed by atoms with van der Waals surface area (Å²) in [7, 11) is 0. The van der Waals surface area contributed by atoms with Crippen molar-refractivity contribution in [3.05, 3.63) is 100 Å². The summed E-state index contributed by atoms with van der Waals surface area (Å²) in [6.07, 6.45) is 3.84. The quantitative estimate of drug-likeness (QED) is 0.111. The number of halogens is 2. The summed E-state index contributed by atoms with van der Waals surface area (Å²) in [5, 5.41) is 4.55. The Hall–Kier alpha value is -3.81. The van der Waals surface area contributed by atoms with E-state index in [1.165, 1.54) is 18.3 Å². The standard InChI is InChI=1S/C27H24Cl2N2O5/c1-3-7-19-8-5-6-9-23(19)35-17-26(32)31-30-16-18-10-13-24(25(14-18)34-4-2)36-27(33)21-12-11-20(28)15-22(21)29/h3,5-6,8-16H,1,4,7,17H2,2H3,(H,31,32). The lowest BCUT2D eigenvalue weighted by molar-refractivity contribution is -0.123. The summed E-state index contributed by atoms with van der Waals surface area (Å²) >= 11 is 12.0. The number of nitrogens with zero attached hydrogens (tertiary/aromatic N) is 1. The molecule has 186 valence electrons. The monoisotopic (exact) mass is 526 g/mol. The Morgan fingerprint density at radius 1 is 1.00 bits per heavy atom. The molecule has 0 aliphatic heterocycles. The minimum Gasteiger partial charge on any atom is -0.490 e. The number of hydrogen-bond donors (Lipinski definition) is 1.